The smallest absolute Gasteiger partial charge is 0.224 e. The molecule has 2 heterocycles. The minimum atomic E-state index is 0.0123. The first kappa shape index (κ1) is 20.2. The van der Waals surface area contributed by atoms with E-state index in [9.17, 15) is 4.79 Å². The number of carbonyl (C=O) groups is 1. The lowest BCUT2D eigenvalue weighted by Crippen LogP contribution is -2.31. The maximum atomic E-state index is 11.7. The van der Waals surface area contributed by atoms with E-state index >= 15 is 0 Å². The normalized spacial score (nSPS) is 13.7. The zero-order valence-corrected chi connectivity index (χ0v) is 17.8. The third kappa shape index (κ3) is 4.09. The van der Waals surface area contributed by atoms with Crippen LogP contribution in [0.15, 0.2) is 48.5 Å². The summed E-state index contributed by atoms with van der Waals surface area (Å²) in [7, 11) is 3.79. The monoisotopic (exact) mass is 404 g/mol. The Morgan fingerprint density at radius 1 is 1.20 bits per heavy atom. The quantitative estimate of drug-likeness (QED) is 0.675. The zero-order valence-electron chi connectivity index (χ0n) is 17.8. The van der Waals surface area contributed by atoms with Crippen LogP contribution in [-0.2, 0) is 31.4 Å². The predicted octanol–water partition coefficient (Wildman–Crippen LogP) is 4.00. The summed E-state index contributed by atoms with van der Waals surface area (Å²) < 4.78 is 7.70. The van der Waals surface area contributed by atoms with Gasteiger partial charge in [0, 0.05) is 56.3 Å². The van der Waals surface area contributed by atoms with E-state index < -0.39 is 0 Å². The average Bonchev–Trinajstić information content (AvgIpc) is 3.10. The molecule has 2 aromatic carbocycles. The summed E-state index contributed by atoms with van der Waals surface area (Å²) in [6.45, 7) is 4.52. The SMILES string of the molecule is CCC(=O)Nc1cccc(-c2nc3c(n2C)CN(Cc2ccccc2OC)CC3)c1. The van der Waals surface area contributed by atoms with E-state index in [2.05, 4.69) is 34.0 Å². The number of para-hydroxylation sites is 1. The molecule has 0 radical (unpaired) electrons. The van der Waals surface area contributed by atoms with Crippen LogP contribution in [-0.4, -0.2) is 34.0 Å². The van der Waals surface area contributed by atoms with Crippen LogP contribution in [0, 0.1) is 0 Å². The van der Waals surface area contributed by atoms with E-state index in [1.54, 1.807) is 7.11 Å². The first-order valence-corrected chi connectivity index (χ1v) is 10.4. The Labute approximate surface area is 177 Å². The van der Waals surface area contributed by atoms with Gasteiger partial charge >= 0.3 is 0 Å². The van der Waals surface area contributed by atoms with Gasteiger partial charge in [-0.15, -0.1) is 0 Å². The molecule has 6 heteroatoms. The number of aromatic nitrogens is 2. The third-order valence-corrected chi connectivity index (χ3v) is 5.65. The van der Waals surface area contributed by atoms with Crippen molar-refractivity contribution in [3.8, 4) is 17.1 Å². The highest BCUT2D eigenvalue weighted by atomic mass is 16.5. The summed E-state index contributed by atoms with van der Waals surface area (Å²) in [5.74, 6) is 1.88. The van der Waals surface area contributed by atoms with Gasteiger partial charge in [-0.25, -0.2) is 4.98 Å². The van der Waals surface area contributed by atoms with Gasteiger partial charge < -0.3 is 14.6 Å². The van der Waals surface area contributed by atoms with Crippen molar-refractivity contribution in [3.63, 3.8) is 0 Å². The number of nitrogens with zero attached hydrogens (tertiary/aromatic N) is 3. The fraction of sp³-hybridized carbons (Fsp3) is 0.333. The Morgan fingerprint density at radius 3 is 2.83 bits per heavy atom. The first-order valence-electron chi connectivity index (χ1n) is 10.4. The van der Waals surface area contributed by atoms with Crippen LogP contribution in [0.5, 0.6) is 5.75 Å². The minimum Gasteiger partial charge on any atom is -0.496 e. The summed E-state index contributed by atoms with van der Waals surface area (Å²) in [6, 6.07) is 16.1. The van der Waals surface area contributed by atoms with Crippen LogP contribution >= 0.6 is 0 Å². The second-order valence-corrected chi connectivity index (χ2v) is 7.64. The van der Waals surface area contributed by atoms with Crippen molar-refractivity contribution in [3.05, 3.63) is 65.5 Å². The number of hydrogen-bond donors (Lipinski definition) is 1. The molecule has 1 aliphatic heterocycles. The minimum absolute atomic E-state index is 0.0123. The number of rotatable bonds is 6. The molecular weight excluding hydrogens is 376 g/mol. The molecular formula is C24H28N4O2. The van der Waals surface area contributed by atoms with Crippen LogP contribution in [0.2, 0.25) is 0 Å². The highest BCUT2D eigenvalue weighted by Crippen LogP contribution is 2.29. The van der Waals surface area contributed by atoms with Crippen LogP contribution < -0.4 is 10.1 Å². The maximum Gasteiger partial charge on any atom is 0.224 e. The van der Waals surface area contributed by atoms with Crippen molar-refractivity contribution in [2.24, 2.45) is 7.05 Å². The average molecular weight is 405 g/mol. The van der Waals surface area contributed by atoms with E-state index in [0.717, 1.165) is 54.6 Å². The molecule has 0 saturated carbocycles. The number of benzene rings is 2. The Bertz CT molecular complexity index is 1060. The van der Waals surface area contributed by atoms with Crippen molar-refractivity contribution in [2.75, 3.05) is 19.0 Å². The molecule has 0 aliphatic carbocycles. The van der Waals surface area contributed by atoms with Gasteiger partial charge in [0.2, 0.25) is 5.91 Å². The summed E-state index contributed by atoms with van der Waals surface area (Å²) >= 11 is 0. The van der Waals surface area contributed by atoms with E-state index in [1.807, 2.05) is 43.3 Å². The molecule has 156 valence electrons. The van der Waals surface area contributed by atoms with Gasteiger partial charge in [-0.3, -0.25) is 9.69 Å². The summed E-state index contributed by atoms with van der Waals surface area (Å²) in [5.41, 5.74) is 5.42. The van der Waals surface area contributed by atoms with Crippen LogP contribution in [0.4, 0.5) is 5.69 Å². The zero-order chi connectivity index (χ0) is 21.1. The number of hydrogen-bond acceptors (Lipinski definition) is 4. The standard InChI is InChI=1S/C24H28N4O2/c1-4-23(29)25-19-10-7-9-17(14-19)24-26-20-12-13-28(16-21(20)27(24)2)15-18-8-5-6-11-22(18)30-3/h5-11,14H,4,12-13,15-16H2,1-3H3,(H,25,29). The van der Waals surface area contributed by atoms with Gasteiger partial charge in [-0.05, 0) is 18.2 Å². The van der Waals surface area contributed by atoms with Crippen molar-refractivity contribution in [1.82, 2.24) is 14.5 Å². The first-order chi connectivity index (χ1) is 14.6. The van der Waals surface area contributed by atoms with Crippen LogP contribution in [0.1, 0.15) is 30.3 Å². The van der Waals surface area contributed by atoms with E-state index in [-0.39, 0.29) is 5.91 Å². The Hall–Kier alpha value is -3.12. The molecule has 1 N–H and O–H groups in total. The second kappa shape index (κ2) is 8.71. The number of carbonyl (C=O) groups excluding carboxylic acids is 1. The largest absolute Gasteiger partial charge is 0.496 e. The van der Waals surface area contributed by atoms with Crippen molar-refractivity contribution < 1.29 is 9.53 Å². The van der Waals surface area contributed by atoms with Crippen molar-refractivity contribution in [1.29, 1.82) is 0 Å². The maximum absolute atomic E-state index is 11.7. The predicted molar refractivity (Wildman–Crippen MR) is 118 cm³/mol. The Morgan fingerprint density at radius 2 is 2.03 bits per heavy atom. The van der Waals surface area contributed by atoms with Gasteiger partial charge in [0.25, 0.3) is 0 Å². The lowest BCUT2D eigenvalue weighted by molar-refractivity contribution is -0.115. The molecule has 6 nitrogen and oxygen atoms in total. The molecule has 4 rings (SSSR count). The van der Waals surface area contributed by atoms with Gasteiger partial charge in [0.05, 0.1) is 18.5 Å². The number of methoxy groups -OCH3 is 1. The van der Waals surface area contributed by atoms with Gasteiger partial charge in [0.1, 0.15) is 11.6 Å². The van der Waals surface area contributed by atoms with E-state index in [0.29, 0.717) is 6.42 Å². The lowest BCUT2D eigenvalue weighted by Gasteiger charge is -2.27. The molecule has 1 aliphatic rings. The fourth-order valence-electron chi connectivity index (χ4n) is 3.99. The summed E-state index contributed by atoms with van der Waals surface area (Å²) in [6.07, 6.45) is 1.38. The molecule has 0 fully saturated rings. The summed E-state index contributed by atoms with van der Waals surface area (Å²) in [4.78, 5) is 19.1. The van der Waals surface area contributed by atoms with E-state index in [4.69, 9.17) is 9.72 Å². The molecule has 3 aromatic rings. The third-order valence-electron chi connectivity index (χ3n) is 5.65. The summed E-state index contributed by atoms with van der Waals surface area (Å²) in [5, 5.41) is 2.93. The molecule has 30 heavy (non-hydrogen) atoms. The second-order valence-electron chi connectivity index (χ2n) is 7.64. The molecule has 1 amide bonds. The van der Waals surface area contributed by atoms with Gasteiger partial charge in [-0.2, -0.15) is 0 Å². The van der Waals surface area contributed by atoms with Crippen molar-refractivity contribution in [2.45, 2.75) is 32.9 Å². The molecule has 0 saturated heterocycles. The Kier molecular flexibility index (Phi) is 5.86. The fourth-order valence-corrected chi connectivity index (χ4v) is 3.99. The highest BCUT2D eigenvalue weighted by Gasteiger charge is 2.24. The Balaban J connectivity index is 1.56. The number of imidazole rings is 1. The lowest BCUT2D eigenvalue weighted by atomic mass is 10.1. The number of nitrogens with one attached hydrogen (secondary N) is 1. The van der Waals surface area contributed by atoms with E-state index in [1.165, 1.54) is 11.3 Å². The number of anilines is 1. The molecule has 0 atom stereocenters. The highest BCUT2D eigenvalue weighted by molar-refractivity contribution is 5.91. The van der Waals surface area contributed by atoms with Crippen LogP contribution in [0.3, 0.4) is 0 Å². The van der Waals surface area contributed by atoms with Crippen LogP contribution in [0.25, 0.3) is 11.4 Å². The topological polar surface area (TPSA) is 59.4 Å². The van der Waals surface area contributed by atoms with Gasteiger partial charge in [0.15, 0.2) is 0 Å². The number of fused-ring (bicyclic) bond motifs is 1. The number of ether oxygens (including phenoxy) is 1. The molecule has 1 aromatic heterocycles. The molecule has 0 unspecified atom stereocenters. The number of amides is 1. The van der Waals surface area contributed by atoms with Gasteiger partial charge in [-0.1, -0.05) is 37.3 Å². The van der Waals surface area contributed by atoms with Crippen molar-refractivity contribution >= 4 is 11.6 Å². The molecule has 0 bridgehead atoms. The molecule has 0 spiro atoms.